The number of benzene rings is 1. The summed E-state index contributed by atoms with van der Waals surface area (Å²) in [6.07, 6.45) is -0.339. The fourth-order valence-electron chi connectivity index (χ4n) is 1.31. The van der Waals surface area contributed by atoms with Crippen molar-refractivity contribution in [2.75, 3.05) is 11.9 Å². The lowest BCUT2D eigenvalue weighted by molar-refractivity contribution is 0.204. The van der Waals surface area contributed by atoms with Crippen molar-refractivity contribution in [2.24, 2.45) is 10.7 Å². The van der Waals surface area contributed by atoms with Gasteiger partial charge in [-0.15, -0.1) is 24.0 Å². The molecule has 0 aromatic heterocycles. The first-order chi connectivity index (χ1) is 8.47. The highest BCUT2D eigenvalue weighted by atomic mass is 127. The van der Waals surface area contributed by atoms with Gasteiger partial charge >= 0.3 is 0 Å². The van der Waals surface area contributed by atoms with E-state index in [-0.39, 0.29) is 42.6 Å². The Morgan fingerprint density at radius 3 is 2.37 bits per heavy atom. The number of halogens is 1. The van der Waals surface area contributed by atoms with E-state index in [2.05, 4.69) is 10.3 Å². The highest BCUT2D eigenvalue weighted by molar-refractivity contribution is 14.0. The number of nitrogens with one attached hydrogen (secondary N) is 1. The molecule has 1 rings (SSSR count). The summed E-state index contributed by atoms with van der Waals surface area (Å²) in [4.78, 5) is 3.99. The number of nitrogens with zero attached hydrogens (tertiary/aromatic N) is 1. The van der Waals surface area contributed by atoms with E-state index in [4.69, 9.17) is 15.6 Å². The Morgan fingerprint density at radius 1 is 1.32 bits per heavy atom. The third-order valence-corrected chi connectivity index (χ3v) is 2.02. The van der Waals surface area contributed by atoms with Crippen LogP contribution in [-0.2, 0) is 0 Å². The van der Waals surface area contributed by atoms with E-state index in [1.54, 1.807) is 6.92 Å². The first kappa shape index (κ1) is 18.0. The molecule has 108 valence electrons. The molecule has 1 aromatic carbocycles. The quantitative estimate of drug-likeness (QED) is 0.416. The molecule has 0 aliphatic carbocycles. The molecule has 0 radical (unpaired) electrons. The number of anilines is 1. The van der Waals surface area contributed by atoms with Gasteiger partial charge in [-0.05, 0) is 45.0 Å². The van der Waals surface area contributed by atoms with E-state index in [9.17, 15) is 0 Å². The molecule has 0 spiro atoms. The van der Waals surface area contributed by atoms with Gasteiger partial charge in [0.15, 0.2) is 5.96 Å². The molecule has 0 heterocycles. The van der Waals surface area contributed by atoms with Gasteiger partial charge in [-0.25, -0.2) is 0 Å². The van der Waals surface area contributed by atoms with Gasteiger partial charge in [0.25, 0.3) is 0 Å². The Morgan fingerprint density at radius 2 is 1.89 bits per heavy atom. The van der Waals surface area contributed by atoms with E-state index >= 15 is 0 Å². The van der Waals surface area contributed by atoms with Crippen molar-refractivity contribution < 1.29 is 9.84 Å². The molecular weight excluding hydrogens is 357 g/mol. The van der Waals surface area contributed by atoms with Crippen molar-refractivity contribution in [3.8, 4) is 5.75 Å². The molecule has 0 saturated carbocycles. The lowest BCUT2D eigenvalue weighted by Crippen LogP contribution is -2.24. The van der Waals surface area contributed by atoms with Crippen molar-refractivity contribution in [1.29, 1.82) is 0 Å². The molecule has 0 aliphatic rings. The molecule has 0 saturated heterocycles. The van der Waals surface area contributed by atoms with Crippen molar-refractivity contribution >= 4 is 35.6 Å². The van der Waals surface area contributed by atoms with Gasteiger partial charge in [0, 0.05) is 5.69 Å². The van der Waals surface area contributed by atoms with Gasteiger partial charge in [-0.1, -0.05) is 0 Å². The first-order valence-electron chi connectivity index (χ1n) is 5.99. The number of ether oxygens (including phenoxy) is 1. The second-order valence-corrected chi connectivity index (χ2v) is 4.39. The molecule has 0 aliphatic heterocycles. The third kappa shape index (κ3) is 7.89. The predicted octanol–water partition coefficient (Wildman–Crippen LogP) is 2.20. The smallest absolute Gasteiger partial charge is 0.193 e. The summed E-state index contributed by atoms with van der Waals surface area (Å²) in [6.45, 7) is 5.90. The van der Waals surface area contributed by atoms with Crippen LogP contribution in [0.15, 0.2) is 29.3 Å². The van der Waals surface area contributed by atoms with Crippen LogP contribution in [0.2, 0.25) is 0 Å². The van der Waals surface area contributed by atoms with Crippen LogP contribution < -0.4 is 15.8 Å². The van der Waals surface area contributed by atoms with Crippen LogP contribution in [0.4, 0.5) is 5.69 Å². The largest absolute Gasteiger partial charge is 0.491 e. The lowest BCUT2D eigenvalue weighted by atomic mass is 10.3. The van der Waals surface area contributed by atoms with Crippen molar-refractivity contribution in [1.82, 2.24) is 0 Å². The highest BCUT2D eigenvalue weighted by Gasteiger charge is 1.99. The Labute approximate surface area is 131 Å². The van der Waals surface area contributed by atoms with Crippen LogP contribution in [0.1, 0.15) is 20.8 Å². The normalized spacial score (nSPS) is 12.8. The zero-order valence-electron chi connectivity index (χ0n) is 11.5. The van der Waals surface area contributed by atoms with Crippen molar-refractivity contribution in [2.45, 2.75) is 33.0 Å². The van der Waals surface area contributed by atoms with E-state index in [1.807, 2.05) is 38.1 Å². The maximum Gasteiger partial charge on any atom is 0.193 e. The van der Waals surface area contributed by atoms with Gasteiger partial charge in [0.2, 0.25) is 0 Å². The molecule has 0 fully saturated rings. The second kappa shape index (κ2) is 8.98. The number of hydrogen-bond donors (Lipinski definition) is 3. The van der Waals surface area contributed by atoms with Crippen molar-refractivity contribution in [3.63, 3.8) is 0 Å². The van der Waals surface area contributed by atoms with Gasteiger partial charge in [0.1, 0.15) is 5.75 Å². The molecule has 1 unspecified atom stereocenters. The van der Waals surface area contributed by atoms with Crippen LogP contribution in [0.3, 0.4) is 0 Å². The topological polar surface area (TPSA) is 79.9 Å². The van der Waals surface area contributed by atoms with Gasteiger partial charge < -0.3 is 20.9 Å². The SMILES string of the molecule is CC(O)CN=C(N)Nc1ccc(OC(C)C)cc1.I. The van der Waals surface area contributed by atoms with E-state index in [0.29, 0.717) is 0 Å². The van der Waals surface area contributed by atoms with Gasteiger partial charge in [-0.2, -0.15) is 0 Å². The molecule has 0 bridgehead atoms. The number of guanidine groups is 1. The number of nitrogens with two attached hydrogens (primary N) is 1. The summed E-state index contributed by atoms with van der Waals surface area (Å²) in [6, 6.07) is 7.46. The highest BCUT2D eigenvalue weighted by Crippen LogP contribution is 2.16. The Kier molecular flexibility index (Phi) is 8.49. The predicted molar refractivity (Wildman–Crippen MR) is 89.4 cm³/mol. The molecular formula is C13H22IN3O2. The molecule has 19 heavy (non-hydrogen) atoms. The maximum atomic E-state index is 9.08. The Bertz CT molecular complexity index is 391. The summed E-state index contributed by atoms with van der Waals surface area (Å²) in [7, 11) is 0. The summed E-state index contributed by atoms with van der Waals surface area (Å²) < 4.78 is 5.53. The van der Waals surface area contributed by atoms with Crippen LogP contribution in [0, 0.1) is 0 Å². The molecule has 0 amide bonds. The number of aliphatic hydroxyl groups is 1. The first-order valence-corrected chi connectivity index (χ1v) is 5.99. The second-order valence-electron chi connectivity index (χ2n) is 4.39. The zero-order chi connectivity index (χ0) is 13.5. The average molecular weight is 379 g/mol. The zero-order valence-corrected chi connectivity index (χ0v) is 13.8. The maximum absolute atomic E-state index is 9.08. The summed E-state index contributed by atoms with van der Waals surface area (Å²) >= 11 is 0. The molecule has 1 atom stereocenters. The van der Waals surface area contributed by atoms with Crippen LogP contribution in [0.5, 0.6) is 5.75 Å². The molecule has 1 aromatic rings. The van der Waals surface area contributed by atoms with Gasteiger partial charge in [-0.3, -0.25) is 4.99 Å². The van der Waals surface area contributed by atoms with E-state index in [0.717, 1.165) is 11.4 Å². The van der Waals surface area contributed by atoms with Crippen LogP contribution >= 0.6 is 24.0 Å². The number of hydrogen-bond acceptors (Lipinski definition) is 3. The summed E-state index contributed by atoms with van der Waals surface area (Å²) in [5.74, 6) is 1.10. The van der Waals surface area contributed by atoms with E-state index < -0.39 is 6.10 Å². The monoisotopic (exact) mass is 379 g/mol. The van der Waals surface area contributed by atoms with Gasteiger partial charge in [0.05, 0.1) is 18.8 Å². The van der Waals surface area contributed by atoms with Crippen LogP contribution in [0.25, 0.3) is 0 Å². The summed E-state index contributed by atoms with van der Waals surface area (Å²) in [5.41, 5.74) is 6.50. The standard InChI is InChI=1S/C13H21N3O2.HI/c1-9(2)18-12-6-4-11(5-7-12)16-13(14)15-8-10(3)17;/h4-7,9-10,17H,8H2,1-3H3,(H3,14,15,16);1H. The number of aliphatic imine (C=N–C) groups is 1. The minimum Gasteiger partial charge on any atom is -0.491 e. The third-order valence-electron chi connectivity index (χ3n) is 2.02. The lowest BCUT2D eigenvalue weighted by Gasteiger charge is -2.11. The van der Waals surface area contributed by atoms with Crippen molar-refractivity contribution in [3.05, 3.63) is 24.3 Å². The van der Waals surface area contributed by atoms with E-state index in [1.165, 1.54) is 0 Å². The Balaban J connectivity index is 0.00000324. The average Bonchev–Trinajstić information content (AvgIpc) is 2.28. The minimum atomic E-state index is -0.493. The molecule has 6 heteroatoms. The number of rotatable bonds is 5. The minimum absolute atomic E-state index is 0. The molecule has 5 nitrogen and oxygen atoms in total. The number of aliphatic hydroxyl groups excluding tert-OH is 1. The molecule has 4 N–H and O–H groups in total. The van der Waals surface area contributed by atoms with Crippen LogP contribution in [-0.4, -0.2) is 29.8 Å². The Hall–Kier alpha value is -1.02. The fraction of sp³-hybridized carbons (Fsp3) is 0.462. The fourth-order valence-corrected chi connectivity index (χ4v) is 1.31. The summed E-state index contributed by atoms with van der Waals surface area (Å²) in [5, 5.41) is 12.0.